The molecule has 1 heterocycles. The SMILES string of the molecule is CCC1(C(=O)NC2CCCC(C)C2C)CCCNC1. The Bertz CT molecular complexity index is 310. The lowest BCUT2D eigenvalue weighted by molar-refractivity contribution is -0.133. The maximum atomic E-state index is 12.7. The Morgan fingerprint density at radius 1 is 1.32 bits per heavy atom. The Hall–Kier alpha value is -0.570. The van der Waals surface area contributed by atoms with Crippen LogP contribution in [-0.2, 0) is 4.79 Å². The summed E-state index contributed by atoms with van der Waals surface area (Å²) in [6.07, 6.45) is 6.84. The number of amides is 1. The predicted octanol–water partition coefficient (Wildman–Crippen LogP) is 2.71. The number of carbonyl (C=O) groups is 1. The Morgan fingerprint density at radius 2 is 2.11 bits per heavy atom. The zero-order valence-electron chi connectivity index (χ0n) is 12.8. The lowest BCUT2D eigenvalue weighted by Crippen LogP contribution is -2.54. The molecule has 0 aromatic rings. The Balaban J connectivity index is 1.98. The van der Waals surface area contributed by atoms with E-state index in [1.165, 1.54) is 12.8 Å². The van der Waals surface area contributed by atoms with Gasteiger partial charge in [0.2, 0.25) is 5.91 Å². The molecule has 2 rings (SSSR count). The van der Waals surface area contributed by atoms with Crippen molar-refractivity contribution in [3.05, 3.63) is 0 Å². The minimum absolute atomic E-state index is 0.154. The first-order valence-corrected chi connectivity index (χ1v) is 8.11. The van der Waals surface area contributed by atoms with Gasteiger partial charge in [-0.25, -0.2) is 0 Å². The zero-order valence-corrected chi connectivity index (χ0v) is 12.8. The fraction of sp³-hybridized carbons (Fsp3) is 0.938. The van der Waals surface area contributed by atoms with E-state index < -0.39 is 0 Å². The highest BCUT2D eigenvalue weighted by Gasteiger charge is 2.39. The molecule has 0 aromatic carbocycles. The summed E-state index contributed by atoms with van der Waals surface area (Å²) < 4.78 is 0. The molecule has 3 heteroatoms. The molecular formula is C16H30N2O. The van der Waals surface area contributed by atoms with Crippen molar-refractivity contribution < 1.29 is 4.79 Å². The molecule has 0 bridgehead atoms. The molecule has 2 fully saturated rings. The summed E-state index contributed by atoms with van der Waals surface area (Å²) in [4.78, 5) is 12.7. The Labute approximate surface area is 117 Å². The van der Waals surface area contributed by atoms with Crippen molar-refractivity contribution in [2.75, 3.05) is 13.1 Å². The third kappa shape index (κ3) is 3.13. The molecule has 0 radical (unpaired) electrons. The molecule has 1 amide bonds. The molecule has 0 spiro atoms. The average molecular weight is 266 g/mol. The monoisotopic (exact) mass is 266 g/mol. The Kier molecular flexibility index (Phi) is 4.88. The first-order valence-electron chi connectivity index (χ1n) is 8.11. The highest BCUT2D eigenvalue weighted by Crippen LogP contribution is 2.33. The molecule has 1 saturated carbocycles. The molecule has 0 aromatic heterocycles. The van der Waals surface area contributed by atoms with Crippen LogP contribution in [0.25, 0.3) is 0 Å². The number of piperidine rings is 1. The highest BCUT2D eigenvalue weighted by molar-refractivity contribution is 5.83. The molecule has 1 aliphatic carbocycles. The van der Waals surface area contributed by atoms with Crippen LogP contribution < -0.4 is 10.6 Å². The van der Waals surface area contributed by atoms with E-state index in [0.717, 1.165) is 44.7 Å². The molecular weight excluding hydrogens is 236 g/mol. The van der Waals surface area contributed by atoms with Crippen molar-refractivity contribution in [2.24, 2.45) is 17.3 Å². The number of nitrogens with one attached hydrogen (secondary N) is 2. The molecule has 2 aliphatic rings. The van der Waals surface area contributed by atoms with Crippen LogP contribution in [0.2, 0.25) is 0 Å². The summed E-state index contributed by atoms with van der Waals surface area (Å²) in [6, 6.07) is 0.390. The number of hydrogen-bond acceptors (Lipinski definition) is 2. The van der Waals surface area contributed by atoms with Crippen molar-refractivity contribution in [3.8, 4) is 0 Å². The summed E-state index contributed by atoms with van der Waals surface area (Å²) in [7, 11) is 0. The van der Waals surface area contributed by atoms with Crippen LogP contribution in [0, 0.1) is 17.3 Å². The van der Waals surface area contributed by atoms with Crippen LogP contribution in [0.4, 0.5) is 0 Å². The molecule has 110 valence electrons. The molecule has 2 N–H and O–H groups in total. The minimum atomic E-state index is -0.154. The number of carbonyl (C=O) groups excluding carboxylic acids is 1. The summed E-state index contributed by atoms with van der Waals surface area (Å²) in [5.41, 5.74) is -0.154. The van der Waals surface area contributed by atoms with E-state index in [0.29, 0.717) is 17.9 Å². The van der Waals surface area contributed by atoms with Gasteiger partial charge in [0.05, 0.1) is 5.41 Å². The van der Waals surface area contributed by atoms with Crippen molar-refractivity contribution in [1.29, 1.82) is 0 Å². The van der Waals surface area contributed by atoms with Crippen molar-refractivity contribution >= 4 is 5.91 Å². The van der Waals surface area contributed by atoms with Crippen LogP contribution in [0.3, 0.4) is 0 Å². The topological polar surface area (TPSA) is 41.1 Å². The molecule has 3 nitrogen and oxygen atoms in total. The predicted molar refractivity (Wildman–Crippen MR) is 78.9 cm³/mol. The van der Waals surface area contributed by atoms with Gasteiger partial charge in [-0.15, -0.1) is 0 Å². The maximum absolute atomic E-state index is 12.7. The lowest BCUT2D eigenvalue weighted by atomic mass is 9.75. The highest BCUT2D eigenvalue weighted by atomic mass is 16.2. The molecule has 19 heavy (non-hydrogen) atoms. The summed E-state index contributed by atoms with van der Waals surface area (Å²) >= 11 is 0. The van der Waals surface area contributed by atoms with E-state index >= 15 is 0 Å². The van der Waals surface area contributed by atoms with E-state index in [-0.39, 0.29) is 5.41 Å². The zero-order chi connectivity index (χ0) is 13.9. The van der Waals surface area contributed by atoms with Crippen LogP contribution in [0.15, 0.2) is 0 Å². The minimum Gasteiger partial charge on any atom is -0.353 e. The lowest BCUT2D eigenvalue weighted by Gasteiger charge is -2.40. The molecule has 1 aliphatic heterocycles. The van der Waals surface area contributed by atoms with Crippen LogP contribution in [-0.4, -0.2) is 25.0 Å². The van der Waals surface area contributed by atoms with Crippen molar-refractivity contribution in [2.45, 2.75) is 65.3 Å². The van der Waals surface area contributed by atoms with Gasteiger partial charge < -0.3 is 10.6 Å². The van der Waals surface area contributed by atoms with E-state index in [9.17, 15) is 4.79 Å². The van der Waals surface area contributed by atoms with E-state index in [2.05, 4.69) is 31.4 Å². The maximum Gasteiger partial charge on any atom is 0.227 e. The van der Waals surface area contributed by atoms with Gasteiger partial charge in [-0.2, -0.15) is 0 Å². The van der Waals surface area contributed by atoms with Crippen molar-refractivity contribution in [3.63, 3.8) is 0 Å². The Morgan fingerprint density at radius 3 is 2.74 bits per heavy atom. The van der Waals surface area contributed by atoms with Gasteiger partial charge in [-0.1, -0.05) is 33.6 Å². The van der Waals surface area contributed by atoms with Gasteiger partial charge in [-0.05, 0) is 44.1 Å². The van der Waals surface area contributed by atoms with Gasteiger partial charge >= 0.3 is 0 Å². The molecule has 4 unspecified atom stereocenters. The number of hydrogen-bond donors (Lipinski definition) is 2. The molecule has 4 atom stereocenters. The van der Waals surface area contributed by atoms with E-state index in [1.807, 2.05) is 0 Å². The van der Waals surface area contributed by atoms with E-state index in [1.54, 1.807) is 0 Å². The van der Waals surface area contributed by atoms with Crippen molar-refractivity contribution in [1.82, 2.24) is 10.6 Å². The van der Waals surface area contributed by atoms with Gasteiger partial charge in [0.25, 0.3) is 0 Å². The van der Waals surface area contributed by atoms with Gasteiger partial charge in [-0.3, -0.25) is 4.79 Å². The van der Waals surface area contributed by atoms with Crippen LogP contribution in [0.1, 0.15) is 59.3 Å². The quantitative estimate of drug-likeness (QED) is 0.824. The second-order valence-corrected chi connectivity index (χ2v) is 6.76. The summed E-state index contributed by atoms with van der Waals surface area (Å²) in [5, 5.41) is 6.79. The third-order valence-corrected chi connectivity index (χ3v) is 5.65. The standard InChI is InChI=1S/C16H30N2O/c1-4-16(9-6-10-17-11-16)15(19)18-14-8-5-7-12(2)13(14)3/h12-14,17H,4-11H2,1-3H3,(H,18,19). The first kappa shape index (κ1) is 14.8. The fourth-order valence-corrected chi connectivity index (χ4v) is 3.73. The average Bonchev–Trinajstić information content (AvgIpc) is 2.44. The van der Waals surface area contributed by atoms with E-state index in [4.69, 9.17) is 0 Å². The van der Waals surface area contributed by atoms with Gasteiger partial charge in [0.1, 0.15) is 0 Å². The second kappa shape index (κ2) is 6.25. The second-order valence-electron chi connectivity index (χ2n) is 6.76. The largest absolute Gasteiger partial charge is 0.353 e. The number of rotatable bonds is 3. The first-order chi connectivity index (χ1) is 9.09. The van der Waals surface area contributed by atoms with Gasteiger partial charge in [0.15, 0.2) is 0 Å². The normalized spacial score (nSPS) is 39.8. The molecule has 1 saturated heterocycles. The summed E-state index contributed by atoms with van der Waals surface area (Å²) in [5.74, 6) is 1.65. The summed E-state index contributed by atoms with van der Waals surface area (Å²) in [6.45, 7) is 8.69. The van der Waals surface area contributed by atoms with Crippen LogP contribution >= 0.6 is 0 Å². The smallest absolute Gasteiger partial charge is 0.227 e. The third-order valence-electron chi connectivity index (χ3n) is 5.65. The fourth-order valence-electron chi connectivity index (χ4n) is 3.73. The van der Waals surface area contributed by atoms with Crippen LogP contribution in [0.5, 0.6) is 0 Å². The van der Waals surface area contributed by atoms with Gasteiger partial charge in [0, 0.05) is 12.6 Å².